The molecule has 7 unspecified atom stereocenters. The number of ether oxygens (including phenoxy) is 2. The number of rotatable bonds is 37. The maximum Gasteiger partial charge on any atom is 0.472 e. The van der Waals surface area contributed by atoms with Gasteiger partial charge in [0.15, 0.2) is 6.10 Å². The van der Waals surface area contributed by atoms with Gasteiger partial charge in [-0.3, -0.25) is 18.6 Å². The Bertz CT molecular complexity index is 4150. The molecule has 0 rings (SSSR count). The van der Waals surface area contributed by atoms with Crippen LogP contribution in [0.2, 0.25) is 0 Å². The molecule has 0 bridgehead atoms. The molecule has 0 spiro atoms. The summed E-state index contributed by atoms with van der Waals surface area (Å²) in [5, 5.41) is 0. The molecule has 0 saturated carbocycles. The van der Waals surface area contributed by atoms with Gasteiger partial charge in [-0.1, -0.05) is 183 Å². The third-order valence-electron chi connectivity index (χ3n) is 4.17. The van der Waals surface area contributed by atoms with Crippen LogP contribution in [-0.2, 0) is 32.7 Å². The molecule has 0 aliphatic heterocycles. The average Bonchev–Trinajstić information content (AvgIpc) is 0.658. The van der Waals surface area contributed by atoms with Crippen LogP contribution in [0.25, 0.3) is 0 Å². The lowest BCUT2D eigenvalue weighted by Gasteiger charge is -2.21. The quantitative estimate of drug-likeness (QED) is 0.0462. The van der Waals surface area contributed by atoms with Crippen LogP contribution >= 0.6 is 7.82 Å². The van der Waals surface area contributed by atoms with Gasteiger partial charge in [0, 0.05) is 126 Å². The summed E-state index contributed by atoms with van der Waals surface area (Å²) in [5.41, 5.74) is 5.20. The number of nitrogens with two attached hydrogens (primary N) is 1. The fourth-order valence-electron chi connectivity index (χ4n) is 2.21. The largest absolute Gasteiger partial charge is 0.472 e. The van der Waals surface area contributed by atoms with E-state index in [1.54, 1.807) is 0 Å². The van der Waals surface area contributed by atoms with Crippen LogP contribution in [0.4, 0.5) is 0 Å². The van der Waals surface area contributed by atoms with E-state index in [2.05, 4.69) is 18.5 Å². The standard InChI is InChI=1S/C45H90NO8P/c1-35(2)17-11-19-37(5)21-13-23-39(7)25-15-27-41(9)31-44(47)51-33-43(34-53-55(49,50)52-30-29-46)54-45(48)32-42(10)28-16-26-40(8)24-14-22-38(6)20-12-18-36(3)4/h35-43H,11-34,46H2,1-10H3,(H,49,50)/t37?,38?,39?,40?,41?,42?,43-/m1/s1/i1D3,2D3,3D3,4D3,5D3,6D3,7D3,8D3,9D3,10D3,11D2,12D2,13D2,14D2,15D2,16D2,17D2,18D2,19D2,20D2,21D2,22D2,23D2,24D2,25D2,26D2,27D2,28D2,31D2,32D2,35D,36D,37D,38D,39D,40D,41D,42D. The first-order valence-electron chi connectivity index (χ1n) is 52.9. The minimum atomic E-state index is -6.21. The summed E-state index contributed by atoms with van der Waals surface area (Å²) in [6.45, 7) is -59.0. The fraction of sp³-hybridized carbons (Fsp3) is 0.956. The summed E-state index contributed by atoms with van der Waals surface area (Å²) >= 11 is 0. The molecule has 0 radical (unpaired) electrons. The van der Waals surface area contributed by atoms with Crippen LogP contribution in [0, 0.1) is 47.2 Å². The maximum atomic E-state index is 14.5. The molecule has 10 heteroatoms. The highest BCUT2D eigenvalue weighted by Crippen LogP contribution is 2.43. The molecular formula is C45H90NO8P. The number of hydrogen-bond acceptors (Lipinski definition) is 8. The second-order valence-corrected chi connectivity index (χ2v) is 9.97. The first-order chi connectivity index (χ1) is 56.2. The van der Waals surface area contributed by atoms with E-state index in [9.17, 15) is 19.0 Å². The molecule has 0 heterocycles. The van der Waals surface area contributed by atoms with E-state index in [0.717, 1.165) is 0 Å². The van der Waals surface area contributed by atoms with Crippen LogP contribution in [0.5, 0.6) is 0 Å². The van der Waals surface area contributed by atoms with Crippen LogP contribution in [0.15, 0.2) is 0 Å². The molecule has 3 N–H and O–H groups in total. The van der Waals surface area contributed by atoms with Gasteiger partial charge in [0.05, 0.1) is 13.2 Å². The molecule has 0 aromatic heterocycles. The fourth-order valence-corrected chi connectivity index (χ4v) is 2.98. The van der Waals surface area contributed by atoms with Crippen molar-refractivity contribution < 1.29 is 144 Å². The van der Waals surface area contributed by atoms with Crippen molar-refractivity contribution in [2.24, 2.45) is 52.9 Å². The molecule has 0 aliphatic rings. The van der Waals surface area contributed by atoms with Crippen molar-refractivity contribution >= 4 is 19.8 Å². The summed E-state index contributed by atoms with van der Waals surface area (Å²) in [6.07, 6.45) is -122. The highest BCUT2D eigenvalue weighted by atomic mass is 31.2. The normalized spacial score (nSPS) is 49.3. The van der Waals surface area contributed by atoms with Gasteiger partial charge in [-0.25, -0.2) is 4.57 Å². The summed E-state index contributed by atoms with van der Waals surface area (Å²) in [6, 6.07) is 0. The Balaban J connectivity index is 9.55. The van der Waals surface area contributed by atoms with Gasteiger partial charge in [-0.2, -0.15) is 0 Å². The molecule has 0 fully saturated rings. The van der Waals surface area contributed by atoms with Crippen molar-refractivity contribution in [1.82, 2.24) is 0 Å². The molecule has 0 aliphatic carbocycles. The van der Waals surface area contributed by atoms with Crippen molar-refractivity contribution in [3.05, 3.63) is 0 Å². The molecule has 9 nitrogen and oxygen atoms in total. The Kier molecular flexibility index (Phi) is 5.29. The van der Waals surface area contributed by atoms with Crippen molar-refractivity contribution in [3.8, 4) is 0 Å². The Morgan fingerprint density at radius 2 is 0.964 bits per heavy atom. The van der Waals surface area contributed by atoms with Gasteiger partial charge in [-0.05, 0) is 47.2 Å². The molecule has 0 aromatic carbocycles. The van der Waals surface area contributed by atoms with Crippen molar-refractivity contribution in [3.63, 3.8) is 0 Å². The van der Waals surface area contributed by atoms with Crippen LogP contribution in [0.1, 0.15) is 303 Å². The number of esters is 2. The number of hydrogen-bond donors (Lipinski definition) is 2. The van der Waals surface area contributed by atoms with E-state index in [1.165, 1.54) is 0 Å². The lowest BCUT2D eigenvalue weighted by molar-refractivity contribution is -0.162. The summed E-state index contributed by atoms with van der Waals surface area (Å²) < 4.78 is 691. The number of phosphoric ester groups is 1. The van der Waals surface area contributed by atoms with Gasteiger partial charge in [0.25, 0.3) is 0 Å². The molecule has 0 aromatic rings. The highest BCUT2D eigenvalue weighted by molar-refractivity contribution is 7.47. The molecular weight excluding hydrogens is 713 g/mol. The SMILES string of the molecule is [2H]C([2H])([2H])C([2H])(C([2H])([2H])[2H])C([2H])([2H])C([2H])([2H])C([2H])([2H])C([2H])(C([2H])([2H])[2H])C([2H])([2H])C([2H])([2H])C([2H])([2H])C([2H])(C([2H])([2H])[2H])C([2H])([2H])C([2H])([2H])C([2H])([2H])C([2H])(C([2H])([2H])[2H])C([2H])([2H])C(=O)OC[C@H](COP(=O)(O)OCCN)OC(=O)C([2H])([2H])C([2H])(C([2H])([2H])[2H])C([2H])([2H])C([2H])([2H])C([2H])([2H])C([2H])(C([2H])([2H])[2H])C([2H])([2H])C([2H])([2H])C([2H])([2H])C([2H])(C([2H])([2H])[2H])C([2H])([2H])C([2H])([2H])C([2H])([2H])C([2H])(C([2H])([2H])[2H])C([2H])([2H])[2H]. The Morgan fingerprint density at radius 1 is 0.582 bits per heavy atom. The zero-order valence-corrected chi connectivity index (χ0v) is 28.6. The predicted molar refractivity (Wildman–Crippen MR) is 229 cm³/mol. The first-order valence-corrected chi connectivity index (χ1v) is 15.4. The number of carbonyl (C=O) groups excluding carboxylic acids is 2. The highest BCUT2D eigenvalue weighted by Gasteiger charge is 2.27. The zero-order valence-electron chi connectivity index (χ0n) is 106. The topological polar surface area (TPSA) is 134 Å². The number of carbonyl (C=O) groups is 2. The van der Waals surface area contributed by atoms with E-state index in [4.69, 9.17) is 113 Å². The van der Waals surface area contributed by atoms with Gasteiger partial charge in [-0.15, -0.1) is 0 Å². The maximum absolute atomic E-state index is 14.5. The van der Waals surface area contributed by atoms with Gasteiger partial charge >= 0.3 is 19.8 Å². The minimum absolute atomic E-state index is 0.813. The third-order valence-corrected chi connectivity index (χ3v) is 5.16. The van der Waals surface area contributed by atoms with E-state index >= 15 is 0 Å². The molecule has 0 saturated heterocycles. The third kappa shape index (κ3) is 34.7. The minimum Gasteiger partial charge on any atom is -0.462 e. The monoisotopic (exact) mass is 882 g/mol. The van der Waals surface area contributed by atoms with E-state index in [0.29, 0.717) is 0 Å². The lowest BCUT2D eigenvalue weighted by Crippen LogP contribution is -2.30. The Hall–Kier alpha value is -0.990. The van der Waals surface area contributed by atoms with Crippen molar-refractivity contribution in [2.45, 2.75) is 202 Å². The van der Waals surface area contributed by atoms with E-state index in [1.807, 2.05) is 0 Å². The predicted octanol–water partition coefficient (Wildman–Crippen LogP) is 12.5. The molecule has 0 amide bonds. The summed E-state index contributed by atoms with van der Waals surface area (Å²) in [4.78, 5) is 39.3. The Labute approximate surface area is 449 Å². The average molecular weight is 883 g/mol. The van der Waals surface area contributed by atoms with Crippen molar-refractivity contribution in [2.75, 3.05) is 26.4 Å². The summed E-state index contributed by atoms with van der Waals surface area (Å²) in [7, 11) is -6.01. The van der Waals surface area contributed by atoms with Gasteiger partial charge < -0.3 is 20.1 Å². The van der Waals surface area contributed by atoms with E-state index in [-0.39, 0.29) is 0 Å². The van der Waals surface area contributed by atoms with Crippen LogP contribution in [-0.4, -0.2) is 49.3 Å². The second-order valence-electron chi connectivity index (χ2n) is 8.51. The van der Waals surface area contributed by atoms with Gasteiger partial charge in [0.1, 0.15) is 6.61 Å². The first kappa shape index (κ1) is 8.84. The molecule has 55 heavy (non-hydrogen) atoms. The molecule has 8 atom stereocenters. The number of phosphoric acid groups is 1. The van der Waals surface area contributed by atoms with Crippen LogP contribution < -0.4 is 5.73 Å². The molecule has 328 valence electrons. The summed E-state index contributed by atoms with van der Waals surface area (Å²) in [5.74, 6) is -53.6. The van der Waals surface area contributed by atoms with Crippen molar-refractivity contribution in [1.29, 1.82) is 0 Å². The van der Waals surface area contributed by atoms with Crippen LogP contribution in [0.3, 0.4) is 0 Å². The zero-order chi connectivity index (χ0) is 110. The van der Waals surface area contributed by atoms with E-state index < -0.39 is 295 Å². The Morgan fingerprint density at radius 3 is 1.35 bits per heavy atom. The lowest BCUT2D eigenvalue weighted by atomic mass is 9.91. The van der Waals surface area contributed by atoms with Gasteiger partial charge in [0.2, 0.25) is 0 Å². The second kappa shape index (κ2) is 32.9. The smallest absolute Gasteiger partial charge is 0.462 e.